The molecular weight excluding hydrogens is 1380 g/mol. The van der Waals surface area contributed by atoms with Gasteiger partial charge >= 0.3 is 0 Å². The van der Waals surface area contributed by atoms with Gasteiger partial charge in [-0.15, -0.1) is 0 Å². The zero-order valence-electron chi connectivity index (χ0n) is 25.3. The first-order valence-electron chi connectivity index (χ1n) is 6.91. The molecule has 2 rings (SSSR count). The van der Waals surface area contributed by atoms with E-state index in [1.165, 1.54) is 26.2 Å². The predicted octanol–water partition coefficient (Wildman–Crippen LogP) is -7.30. The zero-order valence-corrected chi connectivity index (χ0v) is 41.4. The first-order chi connectivity index (χ1) is 7.58. The van der Waals surface area contributed by atoms with Crippen molar-refractivity contribution in [3.8, 4) is 0 Å². The molecule has 0 aromatic carbocycles. The molecule has 0 aromatic rings. The predicted molar refractivity (Wildman–Crippen MR) is 82.9 cm³/mol. The second-order valence-electron chi connectivity index (χ2n) is 5.79. The molecule has 2 fully saturated rings. The summed E-state index contributed by atoms with van der Waals surface area (Å²) in [5.74, 6) is 0. The van der Waals surface area contributed by atoms with E-state index in [0.29, 0.717) is 0 Å². The molecule has 352 valence electrons. The minimum Gasteiger partial charge on any atom is -2.00 e. The van der Waals surface area contributed by atoms with Gasteiger partial charge in [0.25, 0.3) is 0 Å². The molecule has 0 amide bonds. The van der Waals surface area contributed by atoms with Gasteiger partial charge in [-0.2, -0.15) is 0 Å². The number of quaternary nitrogens is 4. The van der Waals surface area contributed by atoms with Gasteiger partial charge in [-0.25, -0.2) is 0 Å². The Kier molecular flexibility index (Phi) is 1850. The van der Waals surface area contributed by atoms with E-state index in [1.54, 1.807) is 0 Å². The monoisotopic (exact) mass is 1430 g/mol. The van der Waals surface area contributed by atoms with E-state index in [2.05, 4.69) is 49.0 Å². The van der Waals surface area contributed by atoms with Crippen LogP contribution in [0, 0.1) is 0 Å². The van der Waals surface area contributed by atoms with E-state index >= 15 is 0 Å². The SMILES string of the molecule is C[C@@H]1C[NH2+][C@@H](C)C[NH2+]1.C[C@@H]1C[NH2+][C@@H](C)C[NH2+]1.[Mo].[Mo].[Mo].[Mo].[Mo].[Mo].[Mo].[Mo].[O-2].[O-2].[O-2].[O-2].[O-2].[O-2].[O-2].[O-2].[O-2].[O-2].[O-2].[O-2].[O-2].[O-2].[O-2].[O-2].[O-2].[O-2].[O-2].[O-2].[O-2].[O-2].[O-2].[O-2].[O-2].[O-2]. The molecule has 2 aliphatic heterocycles. The molecule has 0 saturated carbocycles. The van der Waals surface area contributed by atoms with Gasteiger partial charge in [0.05, 0.1) is 0 Å². The van der Waals surface area contributed by atoms with Crippen molar-refractivity contribution >= 4 is 0 Å². The molecule has 4 atom stereocenters. The maximum absolute atomic E-state index is 2.42. The Balaban J connectivity index is -0.00000000190. The molecule has 38 heteroatoms. The Morgan fingerprint density at radius 1 is 0.200 bits per heavy atom. The van der Waals surface area contributed by atoms with Gasteiger partial charge in [-0.3, -0.25) is 0 Å². The molecule has 0 radical (unpaired) electrons. The first-order valence-corrected chi connectivity index (χ1v) is 6.91. The van der Waals surface area contributed by atoms with Gasteiger partial charge in [0.1, 0.15) is 50.3 Å². The van der Waals surface area contributed by atoms with E-state index in [1.807, 2.05) is 0 Å². The first kappa shape index (κ1) is 374. The van der Waals surface area contributed by atoms with E-state index in [-0.39, 0.29) is 311 Å². The van der Waals surface area contributed by atoms with Crippen LogP contribution in [-0.4, -0.2) is 50.3 Å². The Morgan fingerprint density at radius 2 is 0.260 bits per heavy atom. The largest absolute Gasteiger partial charge is 2.00 e. The Morgan fingerprint density at radius 3 is 0.300 bits per heavy atom. The minimum absolute atomic E-state index is 0. The quantitative estimate of drug-likeness (QED) is 0.164. The Bertz CT molecular complexity index is 202. The minimum atomic E-state index is 0. The summed E-state index contributed by atoms with van der Waals surface area (Å²) in [7, 11) is 0. The van der Waals surface area contributed by atoms with Crippen LogP contribution in [-0.2, 0) is 311 Å². The third-order valence-electron chi connectivity index (χ3n) is 3.64. The molecule has 2 heterocycles. The molecule has 0 aromatic heterocycles. The van der Waals surface area contributed by atoms with Crippen LogP contribution >= 0.6 is 0 Å². The Hall–Kier alpha value is 4.31. The summed E-state index contributed by atoms with van der Waals surface area (Å²) in [6, 6.07) is 3.36. The molecule has 0 bridgehead atoms. The third-order valence-corrected chi connectivity index (χ3v) is 3.64. The number of hydrogen-bond donors (Lipinski definition) is 4. The molecule has 8 N–H and O–H groups in total. The average molecular weight is 1420 g/mol. The summed E-state index contributed by atoms with van der Waals surface area (Å²) < 4.78 is 0. The van der Waals surface area contributed by atoms with Crippen molar-refractivity contribution in [3.63, 3.8) is 0 Å². The molecule has 50 heavy (non-hydrogen) atoms. The molecule has 30 nitrogen and oxygen atoms in total. The van der Waals surface area contributed by atoms with Crippen molar-refractivity contribution in [2.45, 2.75) is 51.9 Å². The van der Waals surface area contributed by atoms with Gasteiger partial charge in [0, 0.05) is 169 Å². The summed E-state index contributed by atoms with van der Waals surface area (Å²) in [4.78, 5) is 0. The van der Waals surface area contributed by atoms with Crippen LogP contribution in [0.4, 0.5) is 0 Å². The van der Waals surface area contributed by atoms with E-state index < -0.39 is 0 Å². The normalized spacial score (nSPS) is 12.7. The van der Waals surface area contributed by atoms with Crippen molar-refractivity contribution in [2.75, 3.05) is 26.2 Å². The van der Waals surface area contributed by atoms with Gasteiger partial charge < -0.3 is 164 Å². The second kappa shape index (κ2) is 247. The number of nitrogens with two attached hydrogens (primary N) is 4. The van der Waals surface area contributed by atoms with Crippen molar-refractivity contribution < 1.29 is 332 Å². The maximum atomic E-state index is 2.42. The fraction of sp³-hybridized carbons (Fsp3) is 1.00. The van der Waals surface area contributed by atoms with Crippen LogP contribution in [0.15, 0.2) is 0 Å². The van der Waals surface area contributed by atoms with Crippen molar-refractivity contribution in [1.29, 1.82) is 0 Å². The number of piperazine rings is 2. The fourth-order valence-electron chi connectivity index (χ4n) is 2.17. The van der Waals surface area contributed by atoms with E-state index in [4.69, 9.17) is 0 Å². The average Bonchev–Trinajstić information content (AvgIpc) is 2.28. The second-order valence-corrected chi connectivity index (χ2v) is 5.79. The molecule has 0 spiro atoms. The molecule has 0 unspecified atom stereocenters. The third kappa shape index (κ3) is 233. The van der Waals surface area contributed by atoms with Crippen LogP contribution in [0.3, 0.4) is 0 Å². The smallest absolute Gasteiger partial charge is 0.133 e. The summed E-state index contributed by atoms with van der Waals surface area (Å²) in [5.41, 5.74) is 0. The Labute approximate surface area is 406 Å². The van der Waals surface area contributed by atoms with Crippen LogP contribution in [0.25, 0.3) is 0 Å². The standard InChI is InChI=1S/2C6H14N2.8Mo.26O/c2*1-5-3-8-6(2)4-7-5;;;;;;;;;;;;;;;;;;;;;;;;;;;;;;;;;;/h2*5-8H,3-4H2,1-2H3;;;;;;;;;;;;;;;;;;;;;;;;;;;;;;;;;;/q;;;;;;;;;;26*-2/p+4/t2*5-,6+;;;;;;;;;;;;;;;;;;;;;;;;;;;;;;;;;;. The summed E-state index contributed by atoms with van der Waals surface area (Å²) in [6.07, 6.45) is 0. The van der Waals surface area contributed by atoms with Gasteiger partial charge in [0.2, 0.25) is 0 Å². The summed E-state index contributed by atoms with van der Waals surface area (Å²) in [5, 5.41) is 9.69. The summed E-state index contributed by atoms with van der Waals surface area (Å²) >= 11 is 0. The molecule has 2 saturated heterocycles. The maximum Gasteiger partial charge on any atom is 0.133 e. The molecule has 2 aliphatic rings. The fourth-order valence-corrected chi connectivity index (χ4v) is 2.17. The number of hydrogen-bond acceptors (Lipinski definition) is 0. The van der Waals surface area contributed by atoms with E-state index in [9.17, 15) is 0 Å². The summed E-state index contributed by atoms with van der Waals surface area (Å²) in [6.45, 7) is 14.3. The van der Waals surface area contributed by atoms with Gasteiger partial charge in [-0.05, 0) is 27.7 Å². The van der Waals surface area contributed by atoms with Gasteiger partial charge in [-0.1, -0.05) is 0 Å². The topological polar surface area (TPSA) is 807 Å². The van der Waals surface area contributed by atoms with Crippen LogP contribution in [0.1, 0.15) is 27.7 Å². The molecular formula is C12H32Mo8N4O26-48. The van der Waals surface area contributed by atoms with Crippen molar-refractivity contribution in [3.05, 3.63) is 0 Å². The van der Waals surface area contributed by atoms with Gasteiger partial charge in [0.15, 0.2) is 0 Å². The van der Waals surface area contributed by atoms with E-state index in [0.717, 1.165) is 24.2 Å². The van der Waals surface area contributed by atoms with Crippen LogP contribution < -0.4 is 21.3 Å². The number of rotatable bonds is 0. The molecule has 0 aliphatic carbocycles. The van der Waals surface area contributed by atoms with Crippen molar-refractivity contribution in [2.24, 2.45) is 0 Å². The van der Waals surface area contributed by atoms with Crippen LogP contribution in [0.2, 0.25) is 0 Å². The van der Waals surface area contributed by atoms with Crippen molar-refractivity contribution in [1.82, 2.24) is 0 Å². The van der Waals surface area contributed by atoms with Crippen LogP contribution in [0.5, 0.6) is 0 Å². The zero-order chi connectivity index (χ0) is 12.0.